The van der Waals surface area contributed by atoms with Crippen LogP contribution < -0.4 is 0 Å². The maximum Gasteiger partial charge on any atom is 0.0494 e. The fraction of sp³-hybridized carbons (Fsp3) is 0. The van der Waals surface area contributed by atoms with Gasteiger partial charge in [0.05, 0.1) is 0 Å². The van der Waals surface area contributed by atoms with E-state index in [1.807, 2.05) is 23.1 Å². The van der Waals surface area contributed by atoms with Crippen molar-refractivity contribution in [3.05, 3.63) is 71.2 Å². The number of hydrogen-bond donors (Lipinski definition) is 0. The maximum absolute atomic E-state index is 3.49. The van der Waals surface area contributed by atoms with Crippen LogP contribution in [0.2, 0.25) is 0 Å². The Labute approximate surface area is 139 Å². The molecule has 0 N–H and O–H groups in total. The number of fused-ring (bicyclic) bond motifs is 3. The average Bonchev–Trinajstić information content (AvgIpc) is 2.89. The summed E-state index contributed by atoms with van der Waals surface area (Å²) < 4.78 is 3.86. The van der Waals surface area contributed by atoms with E-state index in [-0.39, 0.29) is 0 Å². The number of rotatable bonds is 2. The molecule has 1 heterocycles. The Bertz CT molecular complexity index is 923. The summed E-state index contributed by atoms with van der Waals surface area (Å²) in [7, 11) is 0. The first-order chi connectivity index (χ1) is 10.3. The Morgan fingerprint density at radius 3 is 2.38 bits per heavy atom. The van der Waals surface area contributed by atoms with Crippen LogP contribution in [-0.4, -0.2) is 0 Å². The molecule has 1 aromatic heterocycles. The first-order valence-electron chi connectivity index (χ1n) is 6.65. The van der Waals surface area contributed by atoms with E-state index in [9.17, 15) is 0 Å². The molecular formula is C18H11BrS2. The molecule has 0 aliphatic heterocycles. The lowest BCUT2D eigenvalue weighted by Crippen LogP contribution is -1.74. The predicted octanol–water partition coefficient (Wildman–Crippen LogP) is 6.97. The Morgan fingerprint density at radius 1 is 0.762 bits per heavy atom. The van der Waals surface area contributed by atoms with Gasteiger partial charge in [-0.05, 0) is 36.4 Å². The SMILES string of the molecule is Brc1ccc(Sc2cccc3c2sc2ccccc23)cc1. The number of benzene rings is 3. The zero-order valence-corrected chi connectivity index (χ0v) is 14.3. The minimum absolute atomic E-state index is 1.12. The van der Waals surface area contributed by atoms with Crippen LogP contribution in [0.15, 0.2) is 81.0 Å². The molecule has 0 spiro atoms. The molecule has 4 aromatic rings. The lowest BCUT2D eigenvalue weighted by Gasteiger charge is -2.03. The van der Waals surface area contributed by atoms with Crippen LogP contribution in [0.1, 0.15) is 0 Å². The van der Waals surface area contributed by atoms with Crippen LogP contribution in [0.3, 0.4) is 0 Å². The second-order valence-corrected chi connectivity index (χ2v) is 7.87. The molecule has 0 amide bonds. The Kier molecular flexibility index (Phi) is 3.49. The third-order valence-electron chi connectivity index (χ3n) is 3.41. The van der Waals surface area contributed by atoms with Gasteiger partial charge < -0.3 is 0 Å². The van der Waals surface area contributed by atoms with Crippen LogP contribution in [-0.2, 0) is 0 Å². The highest BCUT2D eigenvalue weighted by Crippen LogP contribution is 2.41. The zero-order valence-electron chi connectivity index (χ0n) is 11.0. The van der Waals surface area contributed by atoms with Crippen molar-refractivity contribution >= 4 is 59.2 Å². The molecule has 3 heteroatoms. The summed E-state index contributed by atoms with van der Waals surface area (Å²) in [5.74, 6) is 0. The van der Waals surface area contributed by atoms with E-state index in [1.165, 1.54) is 30.0 Å². The van der Waals surface area contributed by atoms with E-state index in [0.717, 1.165) is 4.47 Å². The van der Waals surface area contributed by atoms with Gasteiger partial charge in [-0.2, -0.15) is 0 Å². The molecule has 102 valence electrons. The van der Waals surface area contributed by atoms with Crippen LogP contribution in [0.25, 0.3) is 20.2 Å². The summed E-state index contributed by atoms with van der Waals surface area (Å²) >= 11 is 7.20. The molecule has 4 rings (SSSR count). The fourth-order valence-electron chi connectivity index (χ4n) is 2.43. The average molecular weight is 371 g/mol. The highest BCUT2D eigenvalue weighted by Gasteiger charge is 2.09. The molecule has 0 saturated heterocycles. The van der Waals surface area contributed by atoms with Crippen molar-refractivity contribution in [3.8, 4) is 0 Å². The summed E-state index contributed by atoms with van der Waals surface area (Å²) in [4.78, 5) is 2.60. The second-order valence-electron chi connectivity index (χ2n) is 4.79. The van der Waals surface area contributed by atoms with Gasteiger partial charge in [-0.1, -0.05) is 58.0 Å². The largest absolute Gasteiger partial charge is 0.134 e. The molecular weight excluding hydrogens is 360 g/mol. The molecule has 0 atom stereocenters. The van der Waals surface area contributed by atoms with Gasteiger partial charge in [0, 0.05) is 34.4 Å². The van der Waals surface area contributed by atoms with E-state index in [2.05, 4.69) is 82.7 Å². The standard InChI is InChI=1S/C18H11BrS2/c19-12-8-10-13(11-9-12)20-17-7-3-5-15-14-4-1-2-6-16(14)21-18(15)17/h1-11H. The van der Waals surface area contributed by atoms with Crippen LogP contribution >= 0.6 is 39.0 Å². The predicted molar refractivity (Wildman–Crippen MR) is 97.6 cm³/mol. The highest BCUT2D eigenvalue weighted by atomic mass is 79.9. The van der Waals surface area contributed by atoms with Crippen molar-refractivity contribution in [2.75, 3.05) is 0 Å². The van der Waals surface area contributed by atoms with Crippen molar-refractivity contribution in [1.29, 1.82) is 0 Å². The second kappa shape index (κ2) is 5.48. The Balaban J connectivity index is 1.86. The van der Waals surface area contributed by atoms with Gasteiger partial charge >= 0.3 is 0 Å². The summed E-state index contributed by atoms with van der Waals surface area (Å²) in [6.07, 6.45) is 0. The van der Waals surface area contributed by atoms with Crippen molar-refractivity contribution < 1.29 is 0 Å². The first kappa shape index (κ1) is 13.4. The van der Waals surface area contributed by atoms with E-state index < -0.39 is 0 Å². The lowest BCUT2D eigenvalue weighted by atomic mass is 10.1. The van der Waals surface area contributed by atoms with Crippen LogP contribution in [0.5, 0.6) is 0 Å². The monoisotopic (exact) mass is 370 g/mol. The Hall–Kier alpha value is -1.29. The minimum atomic E-state index is 1.12. The molecule has 0 radical (unpaired) electrons. The zero-order chi connectivity index (χ0) is 14.2. The summed E-state index contributed by atoms with van der Waals surface area (Å²) in [5, 5.41) is 2.72. The fourth-order valence-corrected chi connectivity index (χ4v) is 4.93. The van der Waals surface area contributed by atoms with Crippen molar-refractivity contribution in [2.45, 2.75) is 9.79 Å². The number of thiophene rings is 1. The van der Waals surface area contributed by atoms with Crippen molar-refractivity contribution in [2.24, 2.45) is 0 Å². The lowest BCUT2D eigenvalue weighted by molar-refractivity contribution is 1.43. The Morgan fingerprint density at radius 2 is 1.52 bits per heavy atom. The van der Waals surface area contributed by atoms with Gasteiger partial charge in [-0.3, -0.25) is 0 Å². The van der Waals surface area contributed by atoms with Crippen molar-refractivity contribution in [3.63, 3.8) is 0 Å². The maximum atomic E-state index is 3.49. The normalized spacial score (nSPS) is 11.3. The van der Waals surface area contributed by atoms with Gasteiger partial charge in [-0.25, -0.2) is 0 Å². The smallest absolute Gasteiger partial charge is 0.0494 e. The van der Waals surface area contributed by atoms with E-state index in [0.29, 0.717) is 0 Å². The molecule has 0 unspecified atom stereocenters. The van der Waals surface area contributed by atoms with Gasteiger partial charge in [-0.15, -0.1) is 11.3 Å². The van der Waals surface area contributed by atoms with Crippen LogP contribution in [0, 0.1) is 0 Å². The van der Waals surface area contributed by atoms with E-state index >= 15 is 0 Å². The minimum Gasteiger partial charge on any atom is -0.134 e. The number of hydrogen-bond acceptors (Lipinski definition) is 2. The third kappa shape index (κ3) is 2.50. The van der Waals surface area contributed by atoms with E-state index in [4.69, 9.17) is 0 Å². The number of halogens is 1. The summed E-state index contributed by atoms with van der Waals surface area (Å²) in [6, 6.07) is 23.7. The van der Waals surface area contributed by atoms with E-state index in [1.54, 1.807) is 0 Å². The summed E-state index contributed by atoms with van der Waals surface area (Å²) in [5.41, 5.74) is 0. The van der Waals surface area contributed by atoms with Gasteiger partial charge in [0.25, 0.3) is 0 Å². The van der Waals surface area contributed by atoms with Gasteiger partial charge in [0.1, 0.15) is 0 Å². The molecule has 21 heavy (non-hydrogen) atoms. The van der Waals surface area contributed by atoms with Gasteiger partial charge in [0.15, 0.2) is 0 Å². The molecule has 0 bridgehead atoms. The molecule has 3 aromatic carbocycles. The third-order valence-corrected chi connectivity index (χ3v) is 6.36. The first-order valence-corrected chi connectivity index (χ1v) is 9.07. The molecule has 0 aliphatic carbocycles. The molecule has 0 saturated carbocycles. The highest BCUT2D eigenvalue weighted by molar-refractivity contribution is 9.10. The van der Waals surface area contributed by atoms with Gasteiger partial charge in [0.2, 0.25) is 0 Å². The van der Waals surface area contributed by atoms with Crippen LogP contribution in [0.4, 0.5) is 0 Å². The molecule has 0 fully saturated rings. The quantitative estimate of drug-likeness (QED) is 0.367. The molecule has 0 nitrogen and oxygen atoms in total. The van der Waals surface area contributed by atoms with Crippen molar-refractivity contribution in [1.82, 2.24) is 0 Å². The summed E-state index contributed by atoms with van der Waals surface area (Å²) in [6.45, 7) is 0. The molecule has 0 aliphatic rings. The topological polar surface area (TPSA) is 0 Å².